The molecule has 106 valence electrons. The minimum absolute atomic E-state index is 0.242. The first-order valence-corrected chi connectivity index (χ1v) is 6.74. The predicted molar refractivity (Wildman–Crippen MR) is 71.4 cm³/mol. The average molecular weight is 258 g/mol. The van der Waals surface area contributed by atoms with Gasteiger partial charge in [0.05, 0.1) is 5.92 Å². The van der Waals surface area contributed by atoms with Crippen LogP contribution in [0, 0.1) is 5.92 Å². The summed E-state index contributed by atoms with van der Waals surface area (Å²) in [5, 5.41) is 8.73. The van der Waals surface area contributed by atoms with Gasteiger partial charge < -0.3 is 14.6 Å². The molecule has 0 bridgehead atoms. The first kappa shape index (κ1) is 17.1. The number of carboxylic acids is 1. The van der Waals surface area contributed by atoms with Gasteiger partial charge in [0.1, 0.15) is 0 Å². The molecule has 4 heteroatoms. The molecule has 0 aromatic heterocycles. The Balaban J connectivity index is 3.65. The highest BCUT2D eigenvalue weighted by Gasteiger charge is 2.09. The smallest absolute Gasteiger partial charge is 0.306 e. The molecule has 1 N–H and O–H groups in total. The number of aliphatic carboxylic acids is 1. The van der Waals surface area contributed by atoms with Gasteiger partial charge in [0, 0.05) is 13.2 Å². The number of carbonyl (C=O) groups is 1. The van der Waals surface area contributed by atoms with Crippen molar-refractivity contribution in [1.82, 2.24) is 0 Å². The fraction of sp³-hybridized carbons (Fsp3) is 0.786. The molecule has 0 rings (SSSR count). The molecule has 1 atom stereocenters. The fourth-order valence-electron chi connectivity index (χ4n) is 1.53. The summed E-state index contributed by atoms with van der Waals surface area (Å²) in [5.41, 5.74) is 0. The van der Waals surface area contributed by atoms with Crippen LogP contribution >= 0.6 is 0 Å². The maximum atomic E-state index is 10.6. The van der Waals surface area contributed by atoms with E-state index in [1.54, 1.807) is 6.92 Å². The lowest BCUT2D eigenvalue weighted by Gasteiger charge is -2.12. The molecule has 4 nitrogen and oxygen atoms in total. The lowest BCUT2D eigenvalue weighted by Crippen LogP contribution is -2.14. The van der Waals surface area contributed by atoms with E-state index in [0.29, 0.717) is 13.2 Å². The van der Waals surface area contributed by atoms with Crippen LogP contribution in [0.3, 0.4) is 0 Å². The van der Waals surface area contributed by atoms with E-state index < -0.39 is 5.97 Å². The monoisotopic (exact) mass is 258 g/mol. The van der Waals surface area contributed by atoms with Crippen LogP contribution in [0.25, 0.3) is 0 Å². The van der Waals surface area contributed by atoms with Gasteiger partial charge in [-0.1, -0.05) is 19.4 Å². The van der Waals surface area contributed by atoms with Crippen molar-refractivity contribution in [3.8, 4) is 0 Å². The molecule has 0 aliphatic carbocycles. The molecule has 18 heavy (non-hydrogen) atoms. The van der Waals surface area contributed by atoms with Crippen molar-refractivity contribution >= 4 is 5.97 Å². The standard InChI is InChI=1S/C14H26O4/c1-4-17-13(18-5-2)11-9-7-6-8-10-12(3)14(15)16/h9,11-13H,4-8,10H2,1-3H3,(H,15,16)/b11-9+. The largest absolute Gasteiger partial charge is 0.481 e. The van der Waals surface area contributed by atoms with Gasteiger partial charge in [0.15, 0.2) is 6.29 Å². The molecule has 0 amide bonds. The third-order valence-electron chi connectivity index (χ3n) is 2.63. The maximum absolute atomic E-state index is 10.6. The highest BCUT2D eigenvalue weighted by Crippen LogP contribution is 2.10. The zero-order valence-electron chi connectivity index (χ0n) is 11.7. The normalized spacial score (nSPS) is 13.3. The summed E-state index contributed by atoms with van der Waals surface area (Å²) in [5.74, 6) is -0.952. The number of ether oxygens (including phenoxy) is 2. The second-order valence-corrected chi connectivity index (χ2v) is 4.23. The van der Waals surface area contributed by atoms with Gasteiger partial charge in [-0.2, -0.15) is 0 Å². The molecule has 0 spiro atoms. The molecule has 0 aromatic carbocycles. The number of carboxylic acid groups (broad SMARTS) is 1. The second-order valence-electron chi connectivity index (χ2n) is 4.23. The van der Waals surface area contributed by atoms with Crippen LogP contribution in [-0.2, 0) is 14.3 Å². The fourth-order valence-corrected chi connectivity index (χ4v) is 1.53. The number of hydrogen-bond acceptors (Lipinski definition) is 3. The Morgan fingerprint density at radius 2 is 1.83 bits per heavy atom. The number of rotatable bonds is 11. The quantitative estimate of drug-likeness (QED) is 0.351. The Hall–Kier alpha value is -0.870. The van der Waals surface area contributed by atoms with Crippen LogP contribution in [0.4, 0.5) is 0 Å². The minimum Gasteiger partial charge on any atom is -0.481 e. The third kappa shape index (κ3) is 9.19. The molecule has 0 fully saturated rings. The van der Waals surface area contributed by atoms with Crippen molar-refractivity contribution in [1.29, 1.82) is 0 Å². The molecule has 0 saturated heterocycles. The van der Waals surface area contributed by atoms with Crippen LogP contribution < -0.4 is 0 Å². The Morgan fingerprint density at radius 1 is 1.22 bits per heavy atom. The van der Waals surface area contributed by atoms with E-state index in [-0.39, 0.29) is 12.2 Å². The van der Waals surface area contributed by atoms with Crippen LogP contribution in [-0.4, -0.2) is 30.6 Å². The maximum Gasteiger partial charge on any atom is 0.306 e. The van der Waals surface area contributed by atoms with Crippen LogP contribution in [0.5, 0.6) is 0 Å². The first-order chi connectivity index (χ1) is 8.61. The molecule has 0 aromatic rings. The average Bonchev–Trinajstić information content (AvgIpc) is 2.33. The zero-order chi connectivity index (χ0) is 13.8. The summed E-state index contributed by atoms with van der Waals surface area (Å²) in [4.78, 5) is 10.6. The van der Waals surface area contributed by atoms with Crippen molar-refractivity contribution in [3.05, 3.63) is 12.2 Å². The van der Waals surface area contributed by atoms with Crippen LogP contribution in [0.2, 0.25) is 0 Å². The number of allylic oxidation sites excluding steroid dienone is 1. The minimum atomic E-state index is -0.710. The third-order valence-corrected chi connectivity index (χ3v) is 2.63. The highest BCUT2D eigenvalue weighted by atomic mass is 16.7. The molecular weight excluding hydrogens is 232 g/mol. The molecule has 0 radical (unpaired) electrons. The van der Waals surface area contributed by atoms with Gasteiger partial charge in [-0.15, -0.1) is 0 Å². The predicted octanol–water partition coefficient (Wildman–Crippen LogP) is 3.22. The number of unbranched alkanes of at least 4 members (excludes halogenated alkanes) is 2. The Morgan fingerprint density at radius 3 is 2.33 bits per heavy atom. The topological polar surface area (TPSA) is 55.8 Å². The van der Waals surface area contributed by atoms with E-state index >= 15 is 0 Å². The van der Waals surface area contributed by atoms with E-state index in [0.717, 1.165) is 25.7 Å². The van der Waals surface area contributed by atoms with Crippen molar-refractivity contribution in [2.24, 2.45) is 5.92 Å². The summed E-state index contributed by atoms with van der Waals surface area (Å²) < 4.78 is 10.7. The molecule has 1 unspecified atom stereocenters. The van der Waals surface area contributed by atoms with Crippen LogP contribution in [0.1, 0.15) is 46.5 Å². The lowest BCUT2D eigenvalue weighted by atomic mass is 10.0. The number of hydrogen-bond donors (Lipinski definition) is 1. The molecule has 0 aliphatic heterocycles. The van der Waals surface area contributed by atoms with E-state index in [9.17, 15) is 4.79 Å². The van der Waals surface area contributed by atoms with Gasteiger partial charge in [0.25, 0.3) is 0 Å². The van der Waals surface area contributed by atoms with E-state index in [1.807, 2.05) is 26.0 Å². The van der Waals surface area contributed by atoms with E-state index in [2.05, 4.69) is 0 Å². The van der Waals surface area contributed by atoms with E-state index in [1.165, 1.54) is 0 Å². The van der Waals surface area contributed by atoms with Crippen LogP contribution in [0.15, 0.2) is 12.2 Å². The molecule has 0 heterocycles. The molecular formula is C14H26O4. The summed E-state index contributed by atoms with van der Waals surface area (Å²) >= 11 is 0. The zero-order valence-corrected chi connectivity index (χ0v) is 11.7. The highest BCUT2D eigenvalue weighted by molar-refractivity contribution is 5.69. The Labute approximate surface area is 110 Å². The summed E-state index contributed by atoms with van der Waals surface area (Å²) in [6.07, 6.45) is 7.32. The summed E-state index contributed by atoms with van der Waals surface area (Å²) in [7, 11) is 0. The van der Waals surface area contributed by atoms with Gasteiger partial charge >= 0.3 is 5.97 Å². The first-order valence-electron chi connectivity index (χ1n) is 6.74. The van der Waals surface area contributed by atoms with Gasteiger partial charge in [0.2, 0.25) is 0 Å². The van der Waals surface area contributed by atoms with Gasteiger partial charge in [-0.25, -0.2) is 0 Å². The second kappa shape index (κ2) is 11.2. The Bertz CT molecular complexity index is 232. The van der Waals surface area contributed by atoms with Crippen molar-refractivity contribution in [3.63, 3.8) is 0 Å². The van der Waals surface area contributed by atoms with Crippen molar-refractivity contribution in [2.45, 2.75) is 52.7 Å². The summed E-state index contributed by atoms with van der Waals surface area (Å²) in [6, 6.07) is 0. The van der Waals surface area contributed by atoms with E-state index in [4.69, 9.17) is 14.6 Å². The van der Waals surface area contributed by atoms with Gasteiger partial charge in [-0.05, 0) is 39.2 Å². The van der Waals surface area contributed by atoms with Crippen molar-refractivity contribution in [2.75, 3.05) is 13.2 Å². The Kier molecular flexibility index (Phi) is 10.7. The van der Waals surface area contributed by atoms with Gasteiger partial charge in [-0.3, -0.25) is 4.79 Å². The van der Waals surface area contributed by atoms with Crippen molar-refractivity contribution < 1.29 is 19.4 Å². The lowest BCUT2D eigenvalue weighted by molar-refractivity contribution is -0.141. The summed E-state index contributed by atoms with van der Waals surface area (Å²) in [6.45, 7) is 6.88. The molecule has 0 saturated carbocycles. The molecule has 0 aliphatic rings. The SMILES string of the molecule is CCOC(/C=C/CCCCC(C)C(=O)O)OCC.